The second-order valence-electron chi connectivity index (χ2n) is 5.85. The van der Waals surface area contributed by atoms with E-state index in [1.54, 1.807) is 31.2 Å². The zero-order valence-electron chi connectivity index (χ0n) is 13.7. The Morgan fingerprint density at radius 2 is 1.72 bits per heavy atom. The van der Waals surface area contributed by atoms with E-state index in [1.807, 2.05) is 6.07 Å². The quantitative estimate of drug-likeness (QED) is 0.672. The van der Waals surface area contributed by atoms with Crippen LogP contribution in [-0.4, -0.2) is 29.2 Å². The Kier molecular flexibility index (Phi) is 4.35. The number of benzene rings is 2. The molecule has 1 atom stereocenters. The Bertz CT molecular complexity index is 838. The molecule has 0 saturated carbocycles. The number of nitrogens with zero attached hydrogens (tertiary/aromatic N) is 1. The molecule has 1 fully saturated rings. The molecule has 0 radical (unpaired) electrons. The number of hydrogen-bond donors (Lipinski definition) is 1. The summed E-state index contributed by atoms with van der Waals surface area (Å²) in [6, 6.07) is 13.7. The molecule has 3 rings (SSSR count). The fraction of sp³-hybridized carbons (Fsp3) is 0.211. The van der Waals surface area contributed by atoms with Gasteiger partial charge in [-0.05, 0) is 24.1 Å². The molecule has 1 aliphatic rings. The van der Waals surface area contributed by atoms with Crippen molar-refractivity contribution < 1.29 is 18.8 Å². The molecule has 1 aliphatic heterocycles. The third-order valence-electron chi connectivity index (χ3n) is 4.45. The average Bonchev–Trinajstić information content (AvgIpc) is 2.88. The maximum Gasteiger partial charge on any atom is 0.325 e. The lowest BCUT2D eigenvalue weighted by molar-refractivity contribution is -0.131. The van der Waals surface area contributed by atoms with Gasteiger partial charge in [-0.2, -0.15) is 0 Å². The number of ketones is 1. The van der Waals surface area contributed by atoms with Crippen molar-refractivity contribution in [2.75, 3.05) is 6.54 Å². The highest BCUT2D eigenvalue weighted by atomic mass is 19.1. The standard InChI is InChI=1S/C19H17FN2O3/c1-2-19(13-8-4-3-5-9-13)17(24)22(18(25)21-19)12-16(23)14-10-6-7-11-15(14)20/h3-11H,2,12H2,1H3,(H,21,25)/t19-/m1/s1. The van der Waals surface area contributed by atoms with E-state index in [0.29, 0.717) is 12.0 Å². The van der Waals surface area contributed by atoms with Crippen molar-refractivity contribution in [3.05, 3.63) is 71.5 Å². The fourth-order valence-corrected chi connectivity index (χ4v) is 3.05. The summed E-state index contributed by atoms with van der Waals surface area (Å²) < 4.78 is 13.8. The van der Waals surface area contributed by atoms with Gasteiger partial charge in [0.05, 0.1) is 12.1 Å². The van der Waals surface area contributed by atoms with Crippen LogP contribution in [0.25, 0.3) is 0 Å². The minimum atomic E-state index is -1.20. The second kappa shape index (κ2) is 6.47. The van der Waals surface area contributed by atoms with Crippen molar-refractivity contribution in [3.63, 3.8) is 0 Å². The van der Waals surface area contributed by atoms with Crippen LogP contribution in [-0.2, 0) is 10.3 Å². The Labute approximate surface area is 144 Å². The topological polar surface area (TPSA) is 66.5 Å². The third kappa shape index (κ3) is 2.80. The van der Waals surface area contributed by atoms with Crippen LogP contribution in [0.4, 0.5) is 9.18 Å². The van der Waals surface area contributed by atoms with E-state index in [4.69, 9.17) is 0 Å². The Morgan fingerprint density at radius 3 is 2.36 bits per heavy atom. The number of nitrogens with one attached hydrogen (secondary N) is 1. The lowest BCUT2D eigenvalue weighted by Crippen LogP contribution is -2.43. The van der Waals surface area contributed by atoms with Gasteiger partial charge in [0.2, 0.25) is 0 Å². The molecule has 25 heavy (non-hydrogen) atoms. The zero-order valence-corrected chi connectivity index (χ0v) is 13.7. The SMILES string of the molecule is CC[C@]1(c2ccccc2)NC(=O)N(CC(=O)c2ccccc2F)C1=O. The number of halogens is 1. The Balaban J connectivity index is 1.89. The minimum Gasteiger partial charge on any atom is -0.319 e. The Morgan fingerprint density at radius 1 is 1.08 bits per heavy atom. The summed E-state index contributed by atoms with van der Waals surface area (Å²) in [7, 11) is 0. The van der Waals surface area contributed by atoms with Crippen molar-refractivity contribution >= 4 is 17.7 Å². The normalized spacial score (nSPS) is 19.8. The molecular weight excluding hydrogens is 323 g/mol. The Hall–Kier alpha value is -3.02. The molecule has 128 valence electrons. The first kappa shape index (κ1) is 16.8. The number of urea groups is 1. The van der Waals surface area contributed by atoms with Crippen LogP contribution < -0.4 is 5.32 Å². The largest absolute Gasteiger partial charge is 0.325 e. The molecule has 1 heterocycles. The summed E-state index contributed by atoms with van der Waals surface area (Å²) in [5.41, 5.74) is -0.693. The van der Waals surface area contributed by atoms with E-state index in [1.165, 1.54) is 24.3 Å². The first-order valence-electron chi connectivity index (χ1n) is 7.97. The number of rotatable bonds is 5. The van der Waals surface area contributed by atoms with Crippen LogP contribution >= 0.6 is 0 Å². The summed E-state index contributed by atoms with van der Waals surface area (Å²) in [5.74, 6) is -1.80. The van der Waals surface area contributed by atoms with Crippen molar-refractivity contribution in [1.29, 1.82) is 0 Å². The molecule has 0 spiro atoms. The van der Waals surface area contributed by atoms with Gasteiger partial charge in [-0.1, -0.05) is 49.4 Å². The lowest BCUT2D eigenvalue weighted by atomic mass is 9.87. The molecule has 0 bridgehead atoms. The molecule has 5 nitrogen and oxygen atoms in total. The fourth-order valence-electron chi connectivity index (χ4n) is 3.05. The molecule has 3 amide bonds. The first-order valence-corrected chi connectivity index (χ1v) is 7.97. The van der Waals surface area contributed by atoms with Crippen molar-refractivity contribution in [1.82, 2.24) is 10.2 Å². The minimum absolute atomic E-state index is 0.142. The van der Waals surface area contributed by atoms with Crippen molar-refractivity contribution in [3.8, 4) is 0 Å². The van der Waals surface area contributed by atoms with Crippen LogP contribution in [0, 0.1) is 5.82 Å². The van der Waals surface area contributed by atoms with E-state index in [2.05, 4.69) is 5.32 Å². The summed E-state index contributed by atoms with van der Waals surface area (Å²) in [6.07, 6.45) is 0.339. The first-order chi connectivity index (χ1) is 12.0. The van der Waals surface area contributed by atoms with E-state index in [-0.39, 0.29) is 5.56 Å². The van der Waals surface area contributed by atoms with E-state index in [0.717, 1.165) is 4.90 Å². The van der Waals surface area contributed by atoms with Crippen molar-refractivity contribution in [2.45, 2.75) is 18.9 Å². The number of Topliss-reactive ketones (excluding diaryl/α,β-unsaturated/α-hetero) is 1. The molecular formula is C19H17FN2O3. The van der Waals surface area contributed by atoms with Crippen LogP contribution in [0.3, 0.4) is 0 Å². The summed E-state index contributed by atoms with van der Waals surface area (Å²) in [6.45, 7) is 1.29. The maximum atomic E-state index is 13.8. The van der Waals surface area contributed by atoms with Gasteiger partial charge in [-0.15, -0.1) is 0 Å². The molecule has 6 heteroatoms. The van der Waals surface area contributed by atoms with Gasteiger partial charge in [0.1, 0.15) is 11.4 Å². The van der Waals surface area contributed by atoms with Gasteiger partial charge in [0.25, 0.3) is 5.91 Å². The molecule has 2 aromatic rings. The summed E-state index contributed by atoms with van der Waals surface area (Å²) in [4.78, 5) is 38.4. The summed E-state index contributed by atoms with van der Waals surface area (Å²) in [5, 5.41) is 2.70. The molecule has 2 aromatic carbocycles. The highest BCUT2D eigenvalue weighted by Crippen LogP contribution is 2.32. The third-order valence-corrected chi connectivity index (χ3v) is 4.45. The van der Waals surface area contributed by atoms with Crippen LogP contribution in [0.1, 0.15) is 29.3 Å². The molecule has 1 N–H and O–H groups in total. The smallest absolute Gasteiger partial charge is 0.319 e. The number of imide groups is 1. The number of amides is 3. The molecule has 0 unspecified atom stereocenters. The van der Waals surface area contributed by atoms with Gasteiger partial charge < -0.3 is 5.32 Å². The summed E-state index contributed by atoms with van der Waals surface area (Å²) >= 11 is 0. The monoisotopic (exact) mass is 340 g/mol. The molecule has 1 saturated heterocycles. The second-order valence-corrected chi connectivity index (χ2v) is 5.85. The number of carbonyl (C=O) groups is 3. The highest BCUT2D eigenvalue weighted by Gasteiger charge is 2.51. The van der Waals surface area contributed by atoms with Crippen LogP contribution in [0.15, 0.2) is 54.6 Å². The van der Waals surface area contributed by atoms with Gasteiger partial charge in [0.15, 0.2) is 5.78 Å². The van der Waals surface area contributed by atoms with Crippen LogP contribution in [0.2, 0.25) is 0 Å². The van der Waals surface area contributed by atoms with Gasteiger partial charge in [0, 0.05) is 0 Å². The highest BCUT2D eigenvalue weighted by molar-refractivity contribution is 6.11. The zero-order chi connectivity index (χ0) is 18.0. The molecule has 0 aliphatic carbocycles. The van der Waals surface area contributed by atoms with Crippen LogP contribution in [0.5, 0.6) is 0 Å². The average molecular weight is 340 g/mol. The van der Waals surface area contributed by atoms with E-state index < -0.39 is 35.6 Å². The lowest BCUT2D eigenvalue weighted by Gasteiger charge is -2.25. The van der Waals surface area contributed by atoms with E-state index in [9.17, 15) is 18.8 Å². The van der Waals surface area contributed by atoms with E-state index >= 15 is 0 Å². The predicted molar refractivity (Wildman–Crippen MR) is 89.4 cm³/mol. The number of carbonyl (C=O) groups excluding carboxylic acids is 3. The van der Waals surface area contributed by atoms with Gasteiger partial charge >= 0.3 is 6.03 Å². The van der Waals surface area contributed by atoms with Crippen molar-refractivity contribution in [2.24, 2.45) is 0 Å². The van der Waals surface area contributed by atoms with Gasteiger partial charge in [-0.25, -0.2) is 9.18 Å². The molecule has 0 aromatic heterocycles. The van der Waals surface area contributed by atoms with Gasteiger partial charge in [-0.3, -0.25) is 14.5 Å². The maximum absolute atomic E-state index is 13.8. The predicted octanol–water partition coefficient (Wildman–Crippen LogP) is 2.87. The number of hydrogen-bond acceptors (Lipinski definition) is 3.